The molecule has 0 saturated heterocycles. The Morgan fingerprint density at radius 3 is 2.33 bits per heavy atom. The van der Waals surface area contributed by atoms with E-state index >= 15 is 0 Å². The Labute approximate surface area is 184 Å². The van der Waals surface area contributed by atoms with Crippen molar-refractivity contribution in [3.63, 3.8) is 0 Å². The third-order valence-electron chi connectivity index (χ3n) is 4.99. The summed E-state index contributed by atoms with van der Waals surface area (Å²) >= 11 is 11.7. The van der Waals surface area contributed by atoms with Crippen LogP contribution in [0.5, 0.6) is 0 Å². The molecule has 2 aliphatic rings. The van der Waals surface area contributed by atoms with Crippen molar-refractivity contribution in [1.82, 2.24) is 0 Å². The monoisotopic (exact) mass is 452 g/mol. The van der Waals surface area contributed by atoms with Gasteiger partial charge in [-0.1, -0.05) is 55.2 Å². The predicted molar refractivity (Wildman–Crippen MR) is 119 cm³/mol. The van der Waals surface area contributed by atoms with Crippen molar-refractivity contribution in [3.8, 4) is 11.1 Å². The van der Waals surface area contributed by atoms with Gasteiger partial charge in [0.15, 0.2) is 0 Å². The summed E-state index contributed by atoms with van der Waals surface area (Å²) in [5.74, 6) is 0.376. The molecule has 0 unspecified atom stereocenters. The Hall–Kier alpha value is -2.24. The average molecular weight is 453 g/mol. The van der Waals surface area contributed by atoms with Crippen LogP contribution in [0.15, 0.2) is 41.5 Å². The summed E-state index contributed by atoms with van der Waals surface area (Å²) in [7, 11) is 0. The van der Waals surface area contributed by atoms with Crippen molar-refractivity contribution in [2.45, 2.75) is 39.8 Å². The molecule has 0 bridgehead atoms. The number of benzene rings is 1. The number of halogens is 5. The third-order valence-corrected chi connectivity index (χ3v) is 5.51. The number of hydrogen-bond donors (Lipinski definition) is 1. The molecule has 2 aliphatic carbocycles. The molecule has 158 valence electrons. The van der Waals surface area contributed by atoms with Gasteiger partial charge in [0.05, 0.1) is 22.5 Å². The average Bonchev–Trinajstić information content (AvgIpc) is 2.81. The molecule has 0 radical (unpaired) electrons. The summed E-state index contributed by atoms with van der Waals surface area (Å²) in [5, 5.41) is 3.81. The molecule has 0 aromatic heterocycles. The zero-order chi connectivity index (χ0) is 22.2. The SMILES string of the molecule is Cc1cc(/C=N/Nc2c(Cl)cc(Cl)cc2C(F)(F)F)c2c(C)ccc(C(C)C)cc1-2. The summed E-state index contributed by atoms with van der Waals surface area (Å²) in [6.07, 6.45) is -3.10. The molecule has 3 rings (SSSR count). The topological polar surface area (TPSA) is 24.4 Å². The van der Waals surface area contributed by atoms with Gasteiger partial charge in [-0.25, -0.2) is 0 Å². The van der Waals surface area contributed by atoms with E-state index < -0.39 is 11.7 Å². The lowest BCUT2D eigenvalue weighted by molar-refractivity contribution is -0.136. The highest BCUT2D eigenvalue weighted by Crippen LogP contribution is 2.41. The predicted octanol–water partition coefficient (Wildman–Crippen LogP) is 8.30. The van der Waals surface area contributed by atoms with Crippen LogP contribution in [0.2, 0.25) is 10.0 Å². The Morgan fingerprint density at radius 1 is 1.00 bits per heavy atom. The zero-order valence-corrected chi connectivity index (χ0v) is 18.5. The van der Waals surface area contributed by atoms with Crippen LogP contribution in [-0.2, 0) is 6.18 Å². The number of alkyl halides is 3. The number of rotatable bonds is 4. The van der Waals surface area contributed by atoms with Gasteiger partial charge in [0, 0.05) is 10.6 Å². The van der Waals surface area contributed by atoms with Crippen molar-refractivity contribution in [2.24, 2.45) is 5.10 Å². The second-order valence-electron chi connectivity index (χ2n) is 7.56. The molecule has 0 fully saturated rings. The maximum Gasteiger partial charge on any atom is 0.418 e. The first-order valence-electron chi connectivity index (χ1n) is 9.38. The molecule has 1 N–H and O–H groups in total. The molecular formula is C23H21Cl2F3N2. The third kappa shape index (κ3) is 4.57. The fourth-order valence-electron chi connectivity index (χ4n) is 3.42. The first kappa shape index (κ1) is 22.4. The molecule has 0 amide bonds. The fourth-order valence-corrected chi connectivity index (χ4v) is 3.96. The van der Waals surface area contributed by atoms with E-state index in [0.29, 0.717) is 5.92 Å². The summed E-state index contributed by atoms with van der Waals surface area (Å²) in [6, 6.07) is 10.4. The Morgan fingerprint density at radius 2 is 1.70 bits per heavy atom. The quantitative estimate of drug-likeness (QED) is 0.312. The lowest BCUT2D eigenvalue weighted by Gasteiger charge is -2.14. The molecule has 0 saturated carbocycles. The lowest BCUT2D eigenvalue weighted by atomic mass is 10.0. The van der Waals surface area contributed by atoms with Crippen LogP contribution in [0.4, 0.5) is 18.9 Å². The number of aryl methyl sites for hydroxylation is 2. The van der Waals surface area contributed by atoms with Gasteiger partial charge in [0.25, 0.3) is 0 Å². The minimum absolute atomic E-state index is 0.0939. The molecule has 1 aromatic rings. The number of nitrogens with zero attached hydrogens (tertiary/aromatic N) is 1. The van der Waals surface area contributed by atoms with Crippen molar-refractivity contribution >= 4 is 35.1 Å². The van der Waals surface area contributed by atoms with E-state index in [2.05, 4.69) is 42.6 Å². The van der Waals surface area contributed by atoms with Gasteiger partial charge < -0.3 is 0 Å². The first-order valence-corrected chi connectivity index (χ1v) is 10.1. The van der Waals surface area contributed by atoms with Crippen molar-refractivity contribution < 1.29 is 13.2 Å². The van der Waals surface area contributed by atoms with Crippen molar-refractivity contribution in [3.05, 3.63) is 74.3 Å². The molecule has 30 heavy (non-hydrogen) atoms. The van der Waals surface area contributed by atoms with E-state index in [1.807, 2.05) is 19.9 Å². The van der Waals surface area contributed by atoms with Gasteiger partial charge in [-0.05, 0) is 65.8 Å². The minimum atomic E-state index is -4.62. The van der Waals surface area contributed by atoms with Gasteiger partial charge in [0.1, 0.15) is 0 Å². The van der Waals surface area contributed by atoms with E-state index in [0.717, 1.165) is 33.9 Å². The highest BCUT2D eigenvalue weighted by atomic mass is 35.5. The Bertz CT molecular complexity index is 1090. The van der Waals surface area contributed by atoms with Gasteiger partial charge in [-0.15, -0.1) is 0 Å². The molecule has 0 aliphatic heterocycles. The van der Waals surface area contributed by atoms with Crippen LogP contribution in [-0.4, -0.2) is 6.21 Å². The maximum atomic E-state index is 13.4. The largest absolute Gasteiger partial charge is 0.418 e. The van der Waals surface area contributed by atoms with E-state index in [9.17, 15) is 13.2 Å². The molecule has 0 atom stereocenters. The van der Waals surface area contributed by atoms with Crippen molar-refractivity contribution in [2.75, 3.05) is 5.43 Å². The van der Waals surface area contributed by atoms with E-state index in [4.69, 9.17) is 23.2 Å². The maximum absolute atomic E-state index is 13.4. The van der Waals surface area contributed by atoms with Gasteiger partial charge >= 0.3 is 6.18 Å². The number of hydrogen-bond acceptors (Lipinski definition) is 2. The van der Waals surface area contributed by atoms with E-state index in [-0.39, 0.29) is 15.7 Å². The second kappa shape index (κ2) is 8.48. The summed E-state index contributed by atoms with van der Waals surface area (Å²) in [5.41, 5.74) is 7.44. The Kier molecular flexibility index (Phi) is 6.34. The van der Waals surface area contributed by atoms with E-state index in [1.165, 1.54) is 17.8 Å². The standard InChI is InChI=1S/C23H21Cl2F3N2/c1-12(2)15-6-5-13(3)21-16(7-14(4)18(21)8-15)11-29-30-22-19(23(26,27)28)9-17(24)10-20(22)25/h5-12,30H,1-4H3/b29-11+. The second-order valence-corrected chi connectivity index (χ2v) is 8.41. The fraction of sp³-hybridized carbons (Fsp3) is 0.261. The highest BCUT2D eigenvalue weighted by Gasteiger charge is 2.35. The first-order chi connectivity index (χ1) is 14.0. The number of hydrazone groups is 1. The molecule has 1 aromatic carbocycles. The Balaban J connectivity index is 2.00. The van der Waals surface area contributed by atoms with Crippen LogP contribution in [0.3, 0.4) is 0 Å². The van der Waals surface area contributed by atoms with E-state index in [1.54, 1.807) is 0 Å². The summed E-state index contributed by atoms with van der Waals surface area (Å²) in [4.78, 5) is 0. The van der Waals surface area contributed by atoms with Crippen molar-refractivity contribution in [1.29, 1.82) is 0 Å². The lowest BCUT2D eigenvalue weighted by Crippen LogP contribution is -2.09. The van der Waals surface area contributed by atoms with Gasteiger partial charge in [-0.3, -0.25) is 5.43 Å². The van der Waals surface area contributed by atoms with Gasteiger partial charge in [-0.2, -0.15) is 18.3 Å². The summed E-state index contributed by atoms with van der Waals surface area (Å²) < 4.78 is 40.1. The minimum Gasteiger partial charge on any atom is -0.276 e. The molecular weight excluding hydrogens is 432 g/mol. The molecule has 0 heterocycles. The van der Waals surface area contributed by atoms with Crippen LogP contribution in [0.1, 0.15) is 47.6 Å². The smallest absolute Gasteiger partial charge is 0.276 e. The van der Waals surface area contributed by atoms with Crippen LogP contribution in [0, 0.1) is 13.8 Å². The van der Waals surface area contributed by atoms with Crippen LogP contribution < -0.4 is 5.43 Å². The molecule has 2 nitrogen and oxygen atoms in total. The zero-order valence-electron chi connectivity index (χ0n) is 17.0. The number of fused-ring (bicyclic) bond motifs is 1. The summed E-state index contributed by atoms with van der Waals surface area (Å²) in [6.45, 7) is 8.28. The highest BCUT2D eigenvalue weighted by molar-refractivity contribution is 6.36. The number of anilines is 1. The molecule has 0 spiro atoms. The van der Waals surface area contributed by atoms with Crippen LogP contribution in [0.25, 0.3) is 11.1 Å². The van der Waals surface area contributed by atoms with Gasteiger partial charge in [0.2, 0.25) is 0 Å². The van der Waals surface area contributed by atoms with Crippen LogP contribution >= 0.6 is 23.2 Å². The molecule has 7 heteroatoms. The normalized spacial score (nSPS) is 12.3. The number of nitrogens with one attached hydrogen (secondary N) is 1.